The average molecular weight is 392 g/mol. The molecule has 2 aromatic carbocycles. The highest BCUT2D eigenvalue weighted by molar-refractivity contribution is 7.99. The van der Waals surface area contributed by atoms with Crippen molar-refractivity contribution in [3.8, 4) is 11.3 Å². The summed E-state index contributed by atoms with van der Waals surface area (Å²) in [4.78, 5) is 16.5. The standard InChI is InChI=1S/C18H15Cl2N3OS/c1-23-16(12-2-4-13(19)5-3-12)10-21-18(23)25-11-17(24)22-15-8-6-14(20)7-9-15/h2-10H,11H2,1H3,(H,22,24). The molecule has 0 aliphatic heterocycles. The Morgan fingerprint density at radius 2 is 1.68 bits per heavy atom. The number of nitrogens with zero attached hydrogens (tertiary/aromatic N) is 2. The first-order valence-electron chi connectivity index (χ1n) is 7.49. The van der Waals surface area contributed by atoms with Crippen LogP contribution < -0.4 is 5.32 Å². The number of carbonyl (C=O) groups excluding carboxylic acids is 1. The fraction of sp³-hybridized carbons (Fsp3) is 0.111. The van der Waals surface area contributed by atoms with Crippen LogP contribution in [0.25, 0.3) is 11.3 Å². The lowest BCUT2D eigenvalue weighted by Crippen LogP contribution is -2.14. The van der Waals surface area contributed by atoms with Crippen molar-refractivity contribution in [3.05, 3.63) is 64.8 Å². The number of aromatic nitrogens is 2. The summed E-state index contributed by atoms with van der Waals surface area (Å²) < 4.78 is 1.96. The van der Waals surface area contributed by atoms with E-state index in [4.69, 9.17) is 23.2 Å². The number of thioether (sulfide) groups is 1. The van der Waals surface area contributed by atoms with Crippen molar-refractivity contribution in [1.82, 2.24) is 9.55 Å². The van der Waals surface area contributed by atoms with Gasteiger partial charge in [0, 0.05) is 22.8 Å². The Balaban J connectivity index is 1.62. The van der Waals surface area contributed by atoms with Crippen LogP contribution >= 0.6 is 35.0 Å². The van der Waals surface area contributed by atoms with Gasteiger partial charge in [-0.1, -0.05) is 47.1 Å². The molecule has 0 fully saturated rings. The molecule has 1 heterocycles. The molecule has 0 aliphatic rings. The number of nitrogens with one attached hydrogen (secondary N) is 1. The summed E-state index contributed by atoms with van der Waals surface area (Å²) in [5.74, 6) is 0.177. The van der Waals surface area contributed by atoms with Gasteiger partial charge < -0.3 is 9.88 Å². The number of imidazole rings is 1. The topological polar surface area (TPSA) is 46.9 Å². The van der Waals surface area contributed by atoms with E-state index in [1.165, 1.54) is 11.8 Å². The number of hydrogen-bond acceptors (Lipinski definition) is 3. The molecular weight excluding hydrogens is 377 g/mol. The highest BCUT2D eigenvalue weighted by Gasteiger charge is 2.11. The summed E-state index contributed by atoms with van der Waals surface area (Å²) in [5.41, 5.74) is 2.71. The van der Waals surface area contributed by atoms with Crippen molar-refractivity contribution in [2.24, 2.45) is 7.05 Å². The smallest absolute Gasteiger partial charge is 0.234 e. The third-order valence-corrected chi connectivity index (χ3v) is 5.09. The van der Waals surface area contributed by atoms with E-state index in [1.54, 1.807) is 30.5 Å². The van der Waals surface area contributed by atoms with Gasteiger partial charge >= 0.3 is 0 Å². The van der Waals surface area contributed by atoms with Gasteiger partial charge in [0.25, 0.3) is 0 Å². The van der Waals surface area contributed by atoms with E-state index in [2.05, 4.69) is 10.3 Å². The van der Waals surface area contributed by atoms with Crippen LogP contribution in [0, 0.1) is 0 Å². The molecule has 0 radical (unpaired) electrons. The van der Waals surface area contributed by atoms with Crippen LogP contribution in [-0.2, 0) is 11.8 Å². The van der Waals surface area contributed by atoms with E-state index < -0.39 is 0 Å². The van der Waals surface area contributed by atoms with Crippen molar-refractivity contribution in [2.75, 3.05) is 11.1 Å². The van der Waals surface area contributed by atoms with E-state index in [1.807, 2.05) is 35.9 Å². The molecule has 0 unspecified atom stereocenters. The molecule has 128 valence electrons. The third-order valence-electron chi connectivity index (χ3n) is 3.55. The summed E-state index contributed by atoms with van der Waals surface area (Å²) in [5, 5.41) is 4.94. The predicted molar refractivity (Wildman–Crippen MR) is 104 cm³/mol. The maximum atomic E-state index is 12.1. The Morgan fingerprint density at radius 1 is 1.08 bits per heavy atom. The molecule has 1 aromatic heterocycles. The first-order chi connectivity index (χ1) is 12.0. The first-order valence-corrected chi connectivity index (χ1v) is 9.23. The van der Waals surface area contributed by atoms with Gasteiger partial charge in [0.05, 0.1) is 17.6 Å². The van der Waals surface area contributed by atoms with Gasteiger partial charge in [0.2, 0.25) is 5.91 Å². The lowest BCUT2D eigenvalue weighted by atomic mass is 10.2. The number of rotatable bonds is 5. The van der Waals surface area contributed by atoms with E-state index in [0.717, 1.165) is 22.1 Å². The second kappa shape index (κ2) is 7.95. The van der Waals surface area contributed by atoms with E-state index in [0.29, 0.717) is 10.0 Å². The fourth-order valence-corrected chi connectivity index (χ4v) is 3.28. The van der Waals surface area contributed by atoms with Crippen LogP contribution in [0.5, 0.6) is 0 Å². The second-order valence-corrected chi connectivity index (χ2v) is 7.15. The lowest BCUT2D eigenvalue weighted by Gasteiger charge is -2.07. The van der Waals surface area contributed by atoms with Crippen molar-refractivity contribution in [1.29, 1.82) is 0 Å². The van der Waals surface area contributed by atoms with E-state index >= 15 is 0 Å². The number of carbonyl (C=O) groups is 1. The molecule has 1 amide bonds. The average Bonchev–Trinajstić information content (AvgIpc) is 2.97. The Labute approximate surface area is 160 Å². The molecule has 1 N–H and O–H groups in total. The van der Waals surface area contributed by atoms with Crippen molar-refractivity contribution < 1.29 is 4.79 Å². The number of halogens is 2. The molecule has 0 saturated carbocycles. The minimum absolute atomic E-state index is 0.0941. The van der Waals surface area contributed by atoms with Crippen LogP contribution in [0.2, 0.25) is 10.0 Å². The van der Waals surface area contributed by atoms with Crippen LogP contribution in [0.15, 0.2) is 59.9 Å². The summed E-state index contributed by atoms with van der Waals surface area (Å²) in [6.07, 6.45) is 1.79. The van der Waals surface area contributed by atoms with Crippen LogP contribution in [0.4, 0.5) is 5.69 Å². The van der Waals surface area contributed by atoms with Crippen molar-refractivity contribution in [2.45, 2.75) is 5.16 Å². The molecular formula is C18H15Cl2N3OS. The van der Waals surface area contributed by atoms with Gasteiger partial charge in [-0.15, -0.1) is 0 Å². The number of anilines is 1. The zero-order valence-electron chi connectivity index (χ0n) is 13.4. The van der Waals surface area contributed by atoms with Crippen LogP contribution in [0.1, 0.15) is 0 Å². The number of benzene rings is 2. The normalized spacial score (nSPS) is 10.7. The number of amides is 1. The Hall–Kier alpha value is -1.95. The molecule has 3 rings (SSSR count). The quantitative estimate of drug-likeness (QED) is 0.613. The molecule has 4 nitrogen and oxygen atoms in total. The lowest BCUT2D eigenvalue weighted by molar-refractivity contribution is -0.113. The van der Waals surface area contributed by atoms with Gasteiger partial charge in [0.1, 0.15) is 0 Å². The Bertz CT molecular complexity index is 876. The Kier molecular flexibility index (Phi) is 5.68. The maximum absolute atomic E-state index is 12.1. The SMILES string of the molecule is Cn1c(-c2ccc(Cl)cc2)cnc1SCC(=O)Nc1ccc(Cl)cc1. The minimum atomic E-state index is -0.0941. The summed E-state index contributed by atoms with van der Waals surface area (Å²) in [6, 6.07) is 14.6. The van der Waals surface area contributed by atoms with Gasteiger partial charge in [-0.05, 0) is 42.0 Å². The van der Waals surface area contributed by atoms with Crippen molar-refractivity contribution in [3.63, 3.8) is 0 Å². The first kappa shape index (κ1) is 17.9. The molecule has 0 saturated heterocycles. The zero-order valence-corrected chi connectivity index (χ0v) is 15.7. The van der Waals surface area contributed by atoms with Crippen LogP contribution in [0.3, 0.4) is 0 Å². The third kappa shape index (κ3) is 4.57. The molecule has 7 heteroatoms. The van der Waals surface area contributed by atoms with Gasteiger partial charge in [-0.25, -0.2) is 4.98 Å². The van der Waals surface area contributed by atoms with Gasteiger partial charge in [0.15, 0.2) is 5.16 Å². The van der Waals surface area contributed by atoms with Crippen LogP contribution in [-0.4, -0.2) is 21.2 Å². The van der Waals surface area contributed by atoms with Crippen molar-refractivity contribution >= 4 is 46.6 Å². The fourth-order valence-electron chi connectivity index (χ4n) is 2.28. The molecule has 0 atom stereocenters. The van der Waals surface area contributed by atoms with E-state index in [9.17, 15) is 4.79 Å². The maximum Gasteiger partial charge on any atom is 0.234 e. The minimum Gasteiger partial charge on any atom is -0.325 e. The highest BCUT2D eigenvalue weighted by Crippen LogP contribution is 2.26. The molecule has 0 aliphatic carbocycles. The highest BCUT2D eigenvalue weighted by atomic mass is 35.5. The second-order valence-electron chi connectivity index (χ2n) is 5.34. The molecule has 0 spiro atoms. The molecule has 3 aromatic rings. The Morgan fingerprint density at radius 3 is 2.32 bits per heavy atom. The predicted octanol–water partition coefficient (Wildman–Crippen LogP) is 5.12. The summed E-state index contributed by atoms with van der Waals surface area (Å²) >= 11 is 13.1. The zero-order chi connectivity index (χ0) is 17.8. The van der Waals surface area contributed by atoms with Gasteiger partial charge in [-0.3, -0.25) is 4.79 Å². The van der Waals surface area contributed by atoms with Gasteiger partial charge in [-0.2, -0.15) is 0 Å². The molecule has 0 bridgehead atoms. The number of hydrogen-bond donors (Lipinski definition) is 1. The monoisotopic (exact) mass is 391 g/mol. The van der Waals surface area contributed by atoms with E-state index in [-0.39, 0.29) is 11.7 Å². The summed E-state index contributed by atoms with van der Waals surface area (Å²) in [6.45, 7) is 0. The molecule has 25 heavy (non-hydrogen) atoms. The largest absolute Gasteiger partial charge is 0.325 e. The summed E-state index contributed by atoms with van der Waals surface area (Å²) in [7, 11) is 1.93.